The maximum Gasteiger partial charge on any atom is 0.225 e. The molecule has 0 aliphatic heterocycles. The fourth-order valence-corrected chi connectivity index (χ4v) is 2.26. The lowest BCUT2D eigenvalue weighted by atomic mass is 10.2. The van der Waals surface area contributed by atoms with E-state index in [1.807, 2.05) is 36.7 Å². The summed E-state index contributed by atoms with van der Waals surface area (Å²) in [6.07, 6.45) is 0. The van der Waals surface area contributed by atoms with Crippen molar-refractivity contribution in [3.63, 3.8) is 0 Å². The van der Waals surface area contributed by atoms with Gasteiger partial charge in [-0.15, -0.1) is 5.10 Å². The van der Waals surface area contributed by atoms with Crippen molar-refractivity contribution in [3.8, 4) is 5.75 Å². The van der Waals surface area contributed by atoms with Crippen LogP contribution in [-0.4, -0.2) is 28.9 Å². The molecule has 2 rings (SSSR count). The van der Waals surface area contributed by atoms with Crippen LogP contribution in [0.3, 0.4) is 0 Å². The molecule has 1 heterocycles. The summed E-state index contributed by atoms with van der Waals surface area (Å²) in [6, 6.07) is 8.01. The highest BCUT2D eigenvalue weighted by molar-refractivity contribution is 7.71. The summed E-state index contributed by atoms with van der Waals surface area (Å²) in [5, 5.41) is 7.09. The van der Waals surface area contributed by atoms with Gasteiger partial charge in [0.05, 0.1) is 7.11 Å². The Morgan fingerprint density at radius 2 is 2.26 bits per heavy atom. The third-order valence-corrected chi connectivity index (χ3v) is 3.26. The van der Waals surface area contributed by atoms with Crippen molar-refractivity contribution in [3.05, 3.63) is 34.6 Å². The number of methoxy groups -OCH3 is 1. The number of anilines is 1. The zero-order valence-electron chi connectivity index (χ0n) is 11.4. The van der Waals surface area contributed by atoms with Crippen molar-refractivity contribution < 1.29 is 4.74 Å². The zero-order valence-corrected chi connectivity index (χ0v) is 12.2. The second-order valence-corrected chi connectivity index (χ2v) is 4.67. The molecule has 0 aliphatic rings. The standard InChI is InChI=1S/C13H18N4OS/c1-4-17-12(14-15-13(17)19)16(2)9-10-6-5-7-11(8-10)18-3/h5-8H,4,9H2,1-3H3,(H,15,19). The molecular formula is C13H18N4OS. The fourth-order valence-electron chi connectivity index (χ4n) is 2.00. The molecule has 1 aromatic heterocycles. The molecule has 1 aromatic carbocycles. The van der Waals surface area contributed by atoms with Crippen LogP contribution in [0.25, 0.3) is 0 Å². The van der Waals surface area contributed by atoms with Crippen LogP contribution in [0, 0.1) is 4.77 Å². The number of H-pyrrole nitrogens is 1. The Kier molecular flexibility index (Phi) is 4.21. The predicted octanol–water partition coefficient (Wildman–Crippen LogP) is 2.61. The van der Waals surface area contributed by atoms with Crippen molar-refractivity contribution in [2.75, 3.05) is 19.1 Å². The lowest BCUT2D eigenvalue weighted by Gasteiger charge is -2.18. The lowest BCUT2D eigenvalue weighted by molar-refractivity contribution is 0.414. The van der Waals surface area contributed by atoms with E-state index in [9.17, 15) is 0 Å². The second kappa shape index (κ2) is 5.88. The summed E-state index contributed by atoms with van der Waals surface area (Å²) in [5.41, 5.74) is 1.17. The first kappa shape index (κ1) is 13.6. The first-order chi connectivity index (χ1) is 9.15. The van der Waals surface area contributed by atoms with Crippen molar-refractivity contribution in [1.29, 1.82) is 0 Å². The zero-order chi connectivity index (χ0) is 13.8. The van der Waals surface area contributed by atoms with Crippen LogP contribution in [0.15, 0.2) is 24.3 Å². The summed E-state index contributed by atoms with van der Waals surface area (Å²) in [5.74, 6) is 1.70. The summed E-state index contributed by atoms with van der Waals surface area (Å²) in [6.45, 7) is 3.60. The molecule has 0 fully saturated rings. The average Bonchev–Trinajstić information content (AvgIpc) is 2.80. The van der Waals surface area contributed by atoms with E-state index < -0.39 is 0 Å². The molecular weight excluding hydrogens is 260 g/mol. The van der Waals surface area contributed by atoms with Gasteiger partial charge in [0.25, 0.3) is 0 Å². The van der Waals surface area contributed by atoms with E-state index in [1.54, 1.807) is 7.11 Å². The number of aromatic nitrogens is 3. The van der Waals surface area contributed by atoms with Crippen LogP contribution in [0.4, 0.5) is 5.95 Å². The minimum absolute atomic E-state index is 0.648. The SMILES string of the molecule is CCn1c(N(C)Cc2cccc(OC)c2)n[nH]c1=S. The van der Waals surface area contributed by atoms with Crippen molar-refractivity contribution in [2.24, 2.45) is 0 Å². The molecule has 0 unspecified atom stereocenters. The second-order valence-electron chi connectivity index (χ2n) is 4.28. The molecule has 0 bridgehead atoms. The van der Waals surface area contributed by atoms with Gasteiger partial charge in [0.2, 0.25) is 5.95 Å². The Bertz CT molecular complexity index is 605. The monoisotopic (exact) mass is 278 g/mol. The minimum atomic E-state index is 0.648. The molecule has 0 atom stereocenters. The van der Waals surface area contributed by atoms with Crippen molar-refractivity contribution >= 4 is 18.2 Å². The minimum Gasteiger partial charge on any atom is -0.497 e. The number of aromatic amines is 1. The van der Waals surface area contributed by atoms with E-state index in [0.717, 1.165) is 24.8 Å². The van der Waals surface area contributed by atoms with Crippen LogP contribution >= 0.6 is 12.2 Å². The lowest BCUT2D eigenvalue weighted by Crippen LogP contribution is -2.20. The number of nitrogens with zero attached hydrogens (tertiary/aromatic N) is 3. The van der Waals surface area contributed by atoms with Crippen molar-refractivity contribution in [2.45, 2.75) is 20.0 Å². The van der Waals surface area contributed by atoms with Gasteiger partial charge in [-0.1, -0.05) is 12.1 Å². The van der Waals surface area contributed by atoms with E-state index in [0.29, 0.717) is 4.77 Å². The molecule has 0 saturated heterocycles. The smallest absolute Gasteiger partial charge is 0.225 e. The molecule has 0 saturated carbocycles. The first-order valence-electron chi connectivity index (χ1n) is 6.15. The fraction of sp³-hybridized carbons (Fsp3) is 0.385. The summed E-state index contributed by atoms with van der Waals surface area (Å²) < 4.78 is 7.84. The molecule has 5 nitrogen and oxygen atoms in total. The Morgan fingerprint density at radius 3 is 2.95 bits per heavy atom. The molecule has 2 aromatic rings. The summed E-state index contributed by atoms with van der Waals surface area (Å²) in [7, 11) is 3.67. The molecule has 0 radical (unpaired) electrons. The first-order valence-corrected chi connectivity index (χ1v) is 6.55. The third-order valence-electron chi connectivity index (χ3n) is 2.95. The highest BCUT2D eigenvalue weighted by Gasteiger charge is 2.10. The van der Waals surface area contributed by atoms with E-state index in [-0.39, 0.29) is 0 Å². The summed E-state index contributed by atoms with van der Waals surface area (Å²) >= 11 is 5.19. The highest BCUT2D eigenvalue weighted by Crippen LogP contribution is 2.17. The quantitative estimate of drug-likeness (QED) is 0.854. The Hall–Kier alpha value is -1.82. The number of hydrogen-bond donors (Lipinski definition) is 1. The predicted molar refractivity (Wildman–Crippen MR) is 78.2 cm³/mol. The normalized spacial score (nSPS) is 10.5. The molecule has 6 heteroatoms. The van der Waals surface area contributed by atoms with E-state index in [1.165, 1.54) is 5.56 Å². The third kappa shape index (κ3) is 2.96. The molecule has 0 amide bonds. The van der Waals surface area contributed by atoms with Crippen LogP contribution in [0.2, 0.25) is 0 Å². The Morgan fingerprint density at radius 1 is 1.47 bits per heavy atom. The van der Waals surface area contributed by atoms with E-state index >= 15 is 0 Å². The number of hydrogen-bond acceptors (Lipinski definition) is 4. The van der Waals surface area contributed by atoms with Gasteiger partial charge in [-0.05, 0) is 36.8 Å². The summed E-state index contributed by atoms with van der Waals surface area (Å²) in [4.78, 5) is 2.06. The van der Waals surface area contributed by atoms with Gasteiger partial charge < -0.3 is 9.64 Å². The number of rotatable bonds is 5. The van der Waals surface area contributed by atoms with Gasteiger partial charge in [-0.25, -0.2) is 5.10 Å². The van der Waals surface area contributed by atoms with Crippen LogP contribution in [-0.2, 0) is 13.1 Å². The van der Waals surface area contributed by atoms with Gasteiger partial charge in [-0.3, -0.25) is 4.57 Å². The molecule has 1 N–H and O–H groups in total. The van der Waals surface area contributed by atoms with Crippen LogP contribution in [0.5, 0.6) is 5.75 Å². The van der Waals surface area contributed by atoms with Gasteiger partial charge in [0.15, 0.2) is 4.77 Å². The Labute approximate surface area is 117 Å². The Balaban J connectivity index is 2.20. The average molecular weight is 278 g/mol. The number of nitrogens with one attached hydrogen (secondary N) is 1. The van der Waals surface area contributed by atoms with Crippen molar-refractivity contribution in [1.82, 2.24) is 14.8 Å². The molecule has 0 spiro atoms. The van der Waals surface area contributed by atoms with E-state index in [4.69, 9.17) is 17.0 Å². The molecule has 0 aliphatic carbocycles. The van der Waals surface area contributed by atoms with Gasteiger partial charge >= 0.3 is 0 Å². The van der Waals surface area contributed by atoms with Gasteiger partial charge in [-0.2, -0.15) is 0 Å². The largest absolute Gasteiger partial charge is 0.497 e. The van der Waals surface area contributed by atoms with Crippen LogP contribution in [0.1, 0.15) is 12.5 Å². The van der Waals surface area contributed by atoms with Gasteiger partial charge in [0.1, 0.15) is 5.75 Å². The topological polar surface area (TPSA) is 46.1 Å². The van der Waals surface area contributed by atoms with E-state index in [2.05, 4.69) is 21.2 Å². The molecule has 19 heavy (non-hydrogen) atoms. The highest BCUT2D eigenvalue weighted by atomic mass is 32.1. The maximum absolute atomic E-state index is 5.23. The van der Waals surface area contributed by atoms with Crippen LogP contribution < -0.4 is 9.64 Å². The number of ether oxygens (including phenoxy) is 1. The molecule has 102 valence electrons. The number of benzene rings is 1. The maximum atomic E-state index is 5.23. The van der Waals surface area contributed by atoms with Gasteiger partial charge in [0, 0.05) is 20.1 Å².